The highest BCUT2D eigenvalue weighted by Crippen LogP contribution is 2.63. The summed E-state index contributed by atoms with van der Waals surface area (Å²) in [6.07, 6.45) is 8.87. The van der Waals surface area contributed by atoms with E-state index in [-0.39, 0.29) is 0 Å². The van der Waals surface area contributed by atoms with Gasteiger partial charge in [-0.05, 0) is 62.1 Å². The van der Waals surface area contributed by atoms with Crippen molar-refractivity contribution in [1.29, 1.82) is 0 Å². The Morgan fingerprint density at radius 3 is 2.36 bits per heavy atom. The van der Waals surface area contributed by atoms with E-state index in [4.69, 9.17) is 9.98 Å². The number of hydrogen-bond donors (Lipinski definition) is 0. The van der Waals surface area contributed by atoms with Crippen molar-refractivity contribution in [3.63, 3.8) is 0 Å². The highest BCUT2D eigenvalue weighted by molar-refractivity contribution is 6.19. The molecule has 22 heavy (non-hydrogen) atoms. The molecule has 0 amide bonds. The molecule has 0 saturated heterocycles. The summed E-state index contributed by atoms with van der Waals surface area (Å²) in [4.78, 5) is 14.4. The van der Waals surface area contributed by atoms with Crippen LogP contribution in [0.15, 0.2) is 33.2 Å². The van der Waals surface area contributed by atoms with Crippen molar-refractivity contribution in [1.82, 2.24) is 0 Å². The smallest absolute Gasteiger partial charge is 0.161 e. The number of aliphatic imine (C=N–C) groups is 3. The monoisotopic (exact) mass is 289 g/mol. The molecule has 2 spiro atoms. The van der Waals surface area contributed by atoms with Gasteiger partial charge in [0.05, 0.1) is 6.54 Å². The number of amidine groups is 2. The van der Waals surface area contributed by atoms with Gasteiger partial charge in [-0.15, -0.1) is 0 Å². The number of nitrogens with zero attached hydrogens (tertiary/aromatic N) is 3. The van der Waals surface area contributed by atoms with E-state index in [2.05, 4.69) is 23.2 Å². The minimum Gasteiger partial charge on any atom is -0.269 e. The van der Waals surface area contributed by atoms with Crippen molar-refractivity contribution in [3.05, 3.63) is 34.9 Å². The van der Waals surface area contributed by atoms with Crippen LogP contribution in [0.3, 0.4) is 0 Å². The summed E-state index contributed by atoms with van der Waals surface area (Å²) >= 11 is 0. The second kappa shape index (κ2) is 3.58. The standard InChI is InChI=1S/C19H19N3/c1-3-13-9-14(4-2-12(1)13)16(21-15-10-18(15)5-6-18)22-17-19(7-8-19)11-20-17/h2,4,9H,1,3,5-8,10-11H2. The topological polar surface area (TPSA) is 37.1 Å². The van der Waals surface area contributed by atoms with E-state index in [1.165, 1.54) is 67.3 Å². The van der Waals surface area contributed by atoms with Crippen LogP contribution in [0, 0.1) is 10.8 Å². The van der Waals surface area contributed by atoms with Crippen LogP contribution < -0.4 is 0 Å². The first-order valence-corrected chi connectivity index (χ1v) is 8.60. The van der Waals surface area contributed by atoms with Crippen LogP contribution in [-0.4, -0.2) is 23.9 Å². The molecule has 5 aliphatic rings. The molecule has 1 heterocycles. The molecule has 6 rings (SSSR count). The fourth-order valence-corrected chi connectivity index (χ4v) is 3.83. The van der Waals surface area contributed by atoms with Gasteiger partial charge in [-0.1, -0.05) is 12.1 Å². The molecule has 4 aliphatic carbocycles. The number of hydrogen-bond acceptors (Lipinski definition) is 2. The third-order valence-corrected chi connectivity index (χ3v) is 6.29. The van der Waals surface area contributed by atoms with E-state index >= 15 is 0 Å². The van der Waals surface area contributed by atoms with Crippen LogP contribution in [-0.2, 0) is 12.8 Å². The van der Waals surface area contributed by atoms with Gasteiger partial charge in [-0.25, -0.2) is 9.98 Å². The van der Waals surface area contributed by atoms with Gasteiger partial charge in [0.15, 0.2) is 5.84 Å². The van der Waals surface area contributed by atoms with Crippen molar-refractivity contribution < 1.29 is 0 Å². The van der Waals surface area contributed by atoms with Gasteiger partial charge < -0.3 is 0 Å². The van der Waals surface area contributed by atoms with E-state index in [1.54, 1.807) is 0 Å². The summed E-state index contributed by atoms with van der Waals surface area (Å²) in [5.41, 5.74) is 6.43. The molecule has 0 aromatic heterocycles. The Hall–Kier alpha value is -1.77. The van der Waals surface area contributed by atoms with Crippen LogP contribution in [0.1, 0.15) is 48.8 Å². The molecule has 3 saturated carbocycles. The average Bonchev–Trinajstić information content (AvgIpc) is 3.36. The molecule has 0 atom stereocenters. The molecule has 0 radical (unpaired) electrons. The van der Waals surface area contributed by atoms with Gasteiger partial charge in [0.25, 0.3) is 0 Å². The molecule has 1 aromatic rings. The first kappa shape index (κ1) is 11.8. The Morgan fingerprint density at radius 2 is 1.82 bits per heavy atom. The summed E-state index contributed by atoms with van der Waals surface area (Å²) < 4.78 is 0. The van der Waals surface area contributed by atoms with Gasteiger partial charge in [0, 0.05) is 22.1 Å². The Morgan fingerprint density at radius 1 is 1.00 bits per heavy atom. The van der Waals surface area contributed by atoms with Gasteiger partial charge >= 0.3 is 0 Å². The number of fused-ring (bicyclic) bond motifs is 1. The maximum atomic E-state index is 4.97. The van der Waals surface area contributed by atoms with Crippen molar-refractivity contribution in [3.8, 4) is 0 Å². The summed E-state index contributed by atoms with van der Waals surface area (Å²) in [7, 11) is 0. The van der Waals surface area contributed by atoms with Crippen molar-refractivity contribution in [2.45, 2.75) is 44.9 Å². The minimum atomic E-state index is 0.353. The first-order chi connectivity index (χ1) is 10.8. The Kier molecular flexibility index (Phi) is 1.91. The van der Waals surface area contributed by atoms with Crippen LogP contribution >= 0.6 is 0 Å². The number of aryl methyl sites for hydroxylation is 2. The van der Waals surface area contributed by atoms with Crippen LogP contribution in [0.4, 0.5) is 0 Å². The zero-order valence-corrected chi connectivity index (χ0v) is 12.7. The molecule has 0 bridgehead atoms. The van der Waals surface area contributed by atoms with Crippen molar-refractivity contribution in [2.24, 2.45) is 25.8 Å². The lowest BCUT2D eigenvalue weighted by atomic mass is 9.87. The van der Waals surface area contributed by atoms with Gasteiger partial charge in [0.1, 0.15) is 5.84 Å². The van der Waals surface area contributed by atoms with Gasteiger partial charge in [-0.2, -0.15) is 0 Å². The third kappa shape index (κ3) is 1.54. The molecule has 3 heteroatoms. The molecule has 0 N–H and O–H groups in total. The maximum Gasteiger partial charge on any atom is 0.161 e. The van der Waals surface area contributed by atoms with Crippen molar-refractivity contribution in [2.75, 3.05) is 6.54 Å². The fraction of sp³-hybridized carbons (Fsp3) is 0.526. The SMILES string of the molecule is c1cc2c(cc1C(=NC1=NCC13CC3)N=C1CC13CC3)CC2. The van der Waals surface area contributed by atoms with Crippen molar-refractivity contribution >= 4 is 17.4 Å². The largest absolute Gasteiger partial charge is 0.269 e. The Labute approximate surface area is 130 Å². The predicted molar refractivity (Wildman–Crippen MR) is 88.1 cm³/mol. The maximum absolute atomic E-state index is 4.97. The zero-order valence-electron chi connectivity index (χ0n) is 12.7. The molecule has 1 aliphatic heterocycles. The average molecular weight is 289 g/mol. The first-order valence-electron chi connectivity index (χ1n) is 8.60. The lowest BCUT2D eigenvalue weighted by molar-refractivity contribution is 0.634. The summed E-state index contributed by atoms with van der Waals surface area (Å²) in [5.74, 6) is 2.00. The molecule has 3 fully saturated rings. The molecule has 1 aromatic carbocycles. The highest BCUT2D eigenvalue weighted by atomic mass is 15.1. The Bertz CT molecular complexity index is 804. The second-order valence-electron chi connectivity index (χ2n) is 7.85. The highest BCUT2D eigenvalue weighted by Gasteiger charge is 2.60. The Balaban J connectivity index is 1.42. The van der Waals surface area contributed by atoms with Gasteiger partial charge in [0.2, 0.25) is 0 Å². The van der Waals surface area contributed by atoms with E-state index < -0.39 is 0 Å². The second-order valence-corrected chi connectivity index (χ2v) is 7.85. The predicted octanol–water partition coefficient (Wildman–Crippen LogP) is 3.35. The molecule has 3 nitrogen and oxygen atoms in total. The summed E-state index contributed by atoms with van der Waals surface area (Å²) in [6, 6.07) is 6.78. The van der Waals surface area contributed by atoms with Crippen LogP contribution in [0.25, 0.3) is 0 Å². The van der Waals surface area contributed by atoms with E-state index in [0.29, 0.717) is 10.8 Å². The summed E-state index contributed by atoms with van der Waals surface area (Å²) in [6.45, 7) is 0.990. The van der Waals surface area contributed by atoms with Crippen LogP contribution in [0.5, 0.6) is 0 Å². The van der Waals surface area contributed by atoms with Gasteiger partial charge in [-0.3, -0.25) is 4.99 Å². The van der Waals surface area contributed by atoms with E-state index in [1.807, 2.05) is 0 Å². The number of rotatable bonds is 1. The molecule has 0 unspecified atom stereocenters. The third-order valence-electron chi connectivity index (χ3n) is 6.29. The van der Waals surface area contributed by atoms with Crippen LogP contribution in [0.2, 0.25) is 0 Å². The molecular weight excluding hydrogens is 270 g/mol. The lowest BCUT2D eigenvalue weighted by Crippen LogP contribution is -2.28. The minimum absolute atomic E-state index is 0.353. The molecule has 110 valence electrons. The van der Waals surface area contributed by atoms with E-state index in [9.17, 15) is 0 Å². The number of benzene rings is 1. The molecular formula is C19H19N3. The normalized spacial score (nSPS) is 29.7. The zero-order chi connectivity index (χ0) is 14.4. The summed E-state index contributed by atoms with van der Waals surface area (Å²) in [5, 5.41) is 0. The van der Waals surface area contributed by atoms with E-state index in [0.717, 1.165) is 18.2 Å². The lowest BCUT2D eigenvalue weighted by Gasteiger charge is -2.22. The quantitative estimate of drug-likeness (QED) is 0.562. The fourth-order valence-electron chi connectivity index (χ4n) is 3.83.